The van der Waals surface area contributed by atoms with E-state index < -0.39 is 10.0 Å². The highest BCUT2D eigenvalue weighted by molar-refractivity contribution is 7.89. The van der Waals surface area contributed by atoms with Crippen LogP contribution < -0.4 is 0 Å². The Hall–Kier alpha value is -0.590. The van der Waals surface area contributed by atoms with Gasteiger partial charge in [-0.25, -0.2) is 13.4 Å². The number of imidazole rings is 1. The van der Waals surface area contributed by atoms with Crippen LogP contribution in [0.2, 0.25) is 0 Å². The minimum absolute atomic E-state index is 0.0554. The molecule has 2 atom stereocenters. The van der Waals surface area contributed by atoms with Crippen LogP contribution in [-0.4, -0.2) is 40.2 Å². The number of aromatic amines is 1. The molecule has 1 N–H and O–H groups in total. The number of alkyl halides is 1. The Morgan fingerprint density at radius 3 is 2.50 bits per heavy atom. The van der Waals surface area contributed by atoms with E-state index in [4.69, 9.17) is 11.6 Å². The Bertz CT molecular complexity index is 542. The molecule has 2 aliphatic rings. The second-order valence-electron chi connectivity index (χ2n) is 5.12. The SMILES string of the molecule is Cc1ncc(S(=O)(=O)N2C3CCC2CC(Cl)C3)[nH]1. The number of halogens is 1. The van der Waals surface area contributed by atoms with Crippen molar-refractivity contribution >= 4 is 21.6 Å². The number of hydrogen-bond donors (Lipinski definition) is 1. The number of fused-ring (bicyclic) bond motifs is 2. The van der Waals surface area contributed by atoms with Crippen molar-refractivity contribution in [3.63, 3.8) is 0 Å². The zero-order chi connectivity index (χ0) is 12.9. The van der Waals surface area contributed by atoms with Crippen LogP contribution in [0.1, 0.15) is 31.5 Å². The Balaban J connectivity index is 1.96. The van der Waals surface area contributed by atoms with E-state index in [0.717, 1.165) is 25.7 Å². The monoisotopic (exact) mass is 289 g/mol. The topological polar surface area (TPSA) is 66.1 Å². The van der Waals surface area contributed by atoms with Crippen molar-refractivity contribution in [1.82, 2.24) is 14.3 Å². The van der Waals surface area contributed by atoms with E-state index in [-0.39, 0.29) is 22.5 Å². The van der Waals surface area contributed by atoms with E-state index in [0.29, 0.717) is 5.82 Å². The van der Waals surface area contributed by atoms with Gasteiger partial charge in [-0.2, -0.15) is 4.31 Å². The maximum atomic E-state index is 12.6. The average molecular weight is 290 g/mol. The van der Waals surface area contributed by atoms with Crippen LogP contribution in [0.15, 0.2) is 11.2 Å². The molecule has 18 heavy (non-hydrogen) atoms. The zero-order valence-corrected chi connectivity index (χ0v) is 11.7. The summed E-state index contributed by atoms with van der Waals surface area (Å²) in [5, 5.41) is 0.308. The third kappa shape index (κ3) is 1.87. The molecule has 2 unspecified atom stereocenters. The number of nitrogens with zero attached hydrogens (tertiary/aromatic N) is 2. The molecule has 1 aromatic rings. The van der Waals surface area contributed by atoms with E-state index in [2.05, 4.69) is 9.97 Å². The molecule has 0 saturated carbocycles. The van der Waals surface area contributed by atoms with Gasteiger partial charge in [0, 0.05) is 17.5 Å². The molecule has 3 rings (SSSR count). The molecule has 0 radical (unpaired) electrons. The number of sulfonamides is 1. The van der Waals surface area contributed by atoms with Crippen LogP contribution in [0.4, 0.5) is 0 Å². The molecule has 2 aliphatic heterocycles. The summed E-state index contributed by atoms with van der Waals surface area (Å²) < 4.78 is 26.8. The molecule has 0 amide bonds. The Morgan fingerprint density at radius 2 is 2.00 bits per heavy atom. The first-order valence-electron chi connectivity index (χ1n) is 6.17. The first-order chi connectivity index (χ1) is 8.48. The summed E-state index contributed by atoms with van der Waals surface area (Å²) in [4.78, 5) is 6.80. The lowest BCUT2D eigenvalue weighted by Crippen LogP contribution is -2.46. The summed E-state index contributed by atoms with van der Waals surface area (Å²) in [5.74, 6) is 0.619. The molecule has 2 fully saturated rings. The maximum Gasteiger partial charge on any atom is 0.260 e. The summed E-state index contributed by atoms with van der Waals surface area (Å²) in [6.45, 7) is 1.75. The first kappa shape index (κ1) is 12.4. The van der Waals surface area contributed by atoms with E-state index in [1.165, 1.54) is 6.20 Å². The van der Waals surface area contributed by atoms with Gasteiger partial charge in [0.2, 0.25) is 0 Å². The van der Waals surface area contributed by atoms with Crippen LogP contribution in [0, 0.1) is 6.92 Å². The van der Waals surface area contributed by atoms with E-state index >= 15 is 0 Å². The smallest absolute Gasteiger partial charge is 0.260 e. The highest BCUT2D eigenvalue weighted by Gasteiger charge is 2.47. The van der Waals surface area contributed by atoms with Gasteiger partial charge in [-0.15, -0.1) is 11.6 Å². The van der Waals surface area contributed by atoms with Gasteiger partial charge >= 0.3 is 0 Å². The van der Waals surface area contributed by atoms with Gasteiger partial charge in [0.05, 0.1) is 6.20 Å². The highest BCUT2D eigenvalue weighted by atomic mass is 35.5. The fraction of sp³-hybridized carbons (Fsp3) is 0.727. The Morgan fingerprint density at radius 1 is 1.39 bits per heavy atom. The van der Waals surface area contributed by atoms with Crippen molar-refractivity contribution in [2.24, 2.45) is 0 Å². The summed E-state index contributed by atoms with van der Waals surface area (Å²) in [7, 11) is -3.44. The molecular weight excluding hydrogens is 274 g/mol. The Kier molecular flexibility index (Phi) is 2.91. The molecule has 0 aliphatic carbocycles. The van der Waals surface area contributed by atoms with E-state index in [1.807, 2.05) is 0 Å². The van der Waals surface area contributed by atoms with Gasteiger partial charge < -0.3 is 4.98 Å². The third-order valence-corrected chi connectivity index (χ3v) is 6.11. The molecule has 1 aromatic heterocycles. The van der Waals surface area contributed by atoms with Crippen molar-refractivity contribution in [2.75, 3.05) is 0 Å². The van der Waals surface area contributed by atoms with Crippen molar-refractivity contribution < 1.29 is 8.42 Å². The minimum atomic E-state index is -3.44. The number of piperidine rings is 1. The van der Waals surface area contributed by atoms with Gasteiger partial charge in [0.25, 0.3) is 10.0 Å². The predicted molar refractivity (Wildman–Crippen MR) is 68.0 cm³/mol. The van der Waals surface area contributed by atoms with E-state index in [9.17, 15) is 8.42 Å². The number of H-pyrrole nitrogens is 1. The third-order valence-electron chi connectivity index (χ3n) is 3.84. The van der Waals surface area contributed by atoms with Crippen molar-refractivity contribution in [3.05, 3.63) is 12.0 Å². The maximum absolute atomic E-state index is 12.6. The van der Waals surface area contributed by atoms with Crippen molar-refractivity contribution in [1.29, 1.82) is 0 Å². The zero-order valence-electron chi connectivity index (χ0n) is 10.1. The van der Waals surface area contributed by atoms with Gasteiger partial charge in [-0.1, -0.05) is 0 Å². The normalized spacial score (nSPS) is 32.9. The molecule has 0 spiro atoms. The number of aromatic nitrogens is 2. The van der Waals surface area contributed by atoms with Crippen molar-refractivity contribution in [3.8, 4) is 0 Å². The summed E-state index contributed by atoms with van der Waals surface area (Å²) in [6.07, 6.45) is 4.74. The van der Waals surface area contributed by atoms with Gasteiger partial charge in [0.15, 0.2) is 5.03 Å². The molecule has 100 valence electrons. The second kappa shape index (κ2) is 4.21. The molecule has 2 saturated heterocycles. The molecular formula is C11H16ClN3O2S. The number of hydrogen-bond acceptors (Lipinski definition) is 3. The lowest BCUT2D eigenvalue weighted by atomic mass is 10.1. The van der Waals surface area contributed by atoms with Gasteiger partial charge in [-0.05, 0) is 32.6 Å². The molecule has 2 bridgehead atoms. The summed E-state index contributed by atoms with van der Waals surface area (Å²) in [5.41, 5.74) is 0. The quantitative estimate of drug-likeness (QED) is 0.842. The fourth-order valence-corrected chi connectivity index (χ4v) is 5.37. The molecule has 3 heterocycles. The summed E-state index contributed by atoms with van der Waals surface area (Å²) >= 11 is 6.17. The highest BCUT2D eigenvalue weighted by Crippen LogP contribution is 2.40. The second-order valence-corrected chi connectivity index (χ2v) is 7.55. The Labute approximate surface area is 112 Å². The van der Waals surface area contributed by atoms with Gasteiger partial charge in [0.1, 0.15) is 5.82 Å². The number of rotatable bonds is 2. The molecule has 7 heteroatoms. The number of aryl methyl sites for hydroxylation is 1. The van der Waals surface area contributed by atoms with Crippen LogP contribution in [0.25, 0.3) is 0 Å². The van der Waals surface area contributed by atoms with Crippen molar-refractivity contribution in [2.45, 2.75) is 55.1 Å². The van der Waals surface area contributed by atoms with Crippen LogP contribution >= 0.6 is 11.6 Å². The van der Waals surface area contributed by atoms with Gasteiger partial charge in [-0.3, -0.25) is 0 Å². The van der Waals surface area contributed by atoms with Crippen LogP contribution in [-0.2, 0) is 10.0 Å². The largest absolute Gasteiger partial charge is 0.332 e. The fourth-order valence-electron chi connectivity index (χ4n) is 3.10. The minimum Gasteiger partial charge on any atom is -0.332 e. The van der Waals surface area contributed by atoms with Crippen LogP contribution in [0.3, 0.4) is 0 Å². The first-order valence-corrected chi connectivity index (χ1v) is 8.05. The standard InChI is InChI=1S/C11H16ClN3O2S/c1-7-13-6-11(14-7)18(16,17)15-9-2-3-10(15)5-8(12)4-9/h6,8-10H,2-5H2,1H3,(H,13,14). The van der Waals surface area contributed by atoms with E-state index in [1.54, 1.807) is 11.2 Å². The van der Waals surface area contributed by atoms with Crippen LogP contribution in [0.5, 0.6) is 0 Å². The lowest BCUT2D eigenvalue weighted by Gasteiger charge is -2.35. The summed E-state index contributed by atoms with van der Waals surface area (Å²) in [6, 6.07) is 0.111. The molecule has 5 nitrogen and oxygen atoms in total. The average Bonchev–Trinajstić information content (AvgIpc) is 2.83. The number of nitrogens with one attached hydrogen (secondary N) is 1. The lowest BCUT2D eigenvalue weighted by molar-refractivity contribution is 0.250. The molecule has 0 aromatic carbocycles. The predicted octanol–water partition coefficient (Wildman–Crippen LogP) is 1.64.